The third-order valence-corrected chi connectivity index (χ3v) is 1.51. The zero-order valence-electron chi connectivity index (χ0n) is 5.10. The quantitative estimate of drug-likeness (QED) is 0.569. The smallest absolute Gasteiger partial charge is 0.0588 e. The van der Waals surface area contributed by atoms with Crippen LogP contribution in [0.5, 0.6) is 0 Å². The van der Waals surface area contributed by atoms with Gasteiger partial charge < -0.3 is 10.5 Å². The molecule has 1 fully saturated rings. The third kappa shape index (κ3) is 1.46. The molecular weight excluding hydrogens is 102 g/mol. The van der Waals surface area contributed by atoms with Crippen LogP contribution < -0.4 is 5.73 Å². The molecule has 0 aliphatic carbocycles. The van der Waals surface area contributed by atoms with Crippen molar-refractivity contribution in [2.24, 2.45) is 5.73 Å². The average Bonchev–Trinajstić information content (AvgIpc) is 2.19. The number of hydrogen-bond acceptors (Lipinski definition) is 2. The van der Waals surface area contributed by atoms with E-state index < -0.39 is 0 Å². The normalized spacial score (nSPS) is 28.9. The summed E-state index contributed by atoms with van der Waals surface area (Å²) >= 11 is 0. The SMILES string of the molecule is NCCC1CCCO1. The minimum atomic E-state index is 0.486. The fourth-order valence-corrected chi connectivity index (χ4v) is 1.06. The first-order chi connectivity index (χ1) is 3.93. The zero-order valence-corrected chi connectivity index (χ0v) is 5.10. The minimum absolute atomic E-state index is 0.486. The second kappa shape index (κ2) is 3.05. The molecule has 1 heterocycles. The van der Waals surface area contributed by atoms with Crippen molar-refractivity contribution in [1.82, 2.24) is 0 Å². The molecule has 1 rings (SSSR count). The Kier molecular flexibility index (Phi) is 2.30. The first kappa shape index (κ1) is 6.05. The lowest BCUT2D eigenvalue weighted by molar-refractivity contribution is 0.106. The van der Waals surface area contributed by atoms with Gasteiger partial charge in [-0.1, -0.05) is 0 Å². The van der Waals surface area contributed by atoms with Gasteiger partial charge >= 0.3 is 0 Å². The van der Waals surface area contributed by atoms with E-state index in [1.54, 1.807) is 0 Å². The van der Waals surface area contributed by atoms with Gasteiger partial charge in [-0.25, -0.2) is 0 Å². The fraction of sp³-hybridized carbons (Fsp3) is 1.00. The van der Waals surface area contributed by atoms with Gasteiger partial charge in [-0.2, -0.15) is 0 Å². The highest BCUT2D eigenvalue weighted by atomic mass is 16.5. The van der Waals surface area contributed by atoms with Crippen molar-refractivity contribution >= 4 is 0 Å². The number of ether oxygens (including phenoxy) is 1. The van der Waals surface area contributed by atoms with Crippen molar-refractivity contribution in [2.75, 3.05) is 13.2 Å². The molecule has 48 valence electrons. The van der Waals surface area contributed by atoms with Gasteiger partial charge in [0.05, 0.1) is 6.10 Å². The maximum absolute atomic E-state index is 5.33. The number of hydrogen-bond donors (Lipinski definition) is 1. The Bertz CT molecular complexity index is 59.5. The van der Waals surface area contributed by atoms with E-state index in [1.807, 2.05) is 0 Å². The molecule has 0 bridgehead atoms. The lowest BCUT2D eigenvalue weighted by Gasteiger charge is -2.04. The second-order valence-electron chi connectivity index (χ2n) is 2.21. The van der Waals surface area contributed by atoms with Crippen LogP contribution in [0.15, 0.2) is 0 Å². The fourth-order valence-electron chi connectivity index (χ4n) is 1.06. The van der Waals surface area contributed by atoms with Gasteiger partial charge in [-0.05, 0) is 25.8 Å². The molecule has 2 heteroatoms. The van der Waals surface area contributed by atoms with Gasteiger partial charge in [-0.3, -0.25) is 0 Å². The predicted octanol–water partition coefficient (Wildman–Crippen LogP) is 0.514. The molecule has 0 spiro atoms. The number of nitrogens with two attached hydrogens (primary N) is 1. The zero-order chi connectivity index (χ0) is 5.82. The Morgan fingerprint density at radius 1 is 1.62 bits per heavy atom. The van der Waals surface area contributed by atoms with Crippen LogP contribution in [-0.2, 0) is 4.74 Å². The van der Waals surface area contributed by atoms with Crippen LogP contribution in [0.1, 0.15) is 19.3 Å². The minimum Gasteiger partial charge on any atom is -0.378 e. The first-order valence-electron chi connectivity index (χ1n) is 3.25. The molecule has 1 aliphatic heterocycles. The van der Waals surface area contributed by atoms with Crippen molar-refractivity contribution in [2.45, 2.75) is 25.4 Å². The molecule has 1 saturated heterocycles. The number of rotatable bonds is 2. The lowest BCUT2D eigenvalue weighted by atomic mass is 10.2. The Balaban J connectivity index is 2.06. The molecule has 8 heavy (non-hydrogen) atoms. The molecule has 0 aromatic rings. The molecule has 0 amide bonds. The van der Waals surface area contributed by atoms with Gasteiger partial charge in [0.15, 0.2) is 0 Å². The van der Waals surface area contributed by atoms with Crippen LogP contribution in [0.25, 0.3) is 0 Å². The van der Waals surface area contributed by atoms with Crippen LogP contribution in [0.3, 0.4) is 0 Å². The Morgan fingerprint density at radius 3 is 3.00 bits per heavy atom. The topological polar surface area (TPSA) is 35.2 Å². The van der Waals surface area contributed by atoms with Crippen LogP contribution in [0.2, 0.25) is 0 Å². The maximum atomic E-state index is 5.33. The van der Waals surface area contributed by atoms with Crippen molar-refractivity contribution in [1.29, 1.82) is 0 Å². The van der Waals surface area contributed by atoms with E-state index in [4.69, 9.17) is 10.5 Å². The average molecular weight is 115 g/mol. The van der Waals surface area contributed by atoms with Crippen molar-refractivity contribution in [3.63, 3.8) is 0 Å². The van der Waals surface area contributed by atoms with Gasteiger partial charge in [0.2, 0.25) is 0 Å². The summed E-state index contributed by atoms with van der Waals surface area (Å²) in [5.41, 5.74) is 5.33. The van der Waals surface area contributed by atoms with E-state index in [2.05, 4.69) is 0 Å². The standard InChI is InChI=1S/C6H13NO/c7-4-3-6-2-1-5-8-6/h6H,1-5,7H2. The predicted molar refractivity (Wildman–Crippen MR) is 32.6 cm³/mol. The molecule has 0 saturated carbocycles. The van der Waals surface area contributed by atoms with Gasteiger partial charge in [0.25, 0.3) is 0 Å². The summed E-state index contributed by atoms with van der Waals surface area (Å²) in [7, 11) is 0. The monoisotopic (exact) mass is 115 g/mol. The van der Waals surface area contributed by atoms with Crippen LogP contribution >= 0.6 is 0 Å². The van der Waals surface area contributed by atoms with E-state index in [0.29, 0.717) is 6.10 Å². The van der Waals surface area contributed by atoms with Crippen LogP contribution in [0.4, 0.5) is 0 Å². The van der Waals surface area contributed by atoms with Gasteiger partial charge in [0, 0.05) is 6.61 Å². The molecule has 0 aromatic carbocycles. The first-order valence-corrected chi connectivity index (χ1v) is 3.25. The molecule has 2 nitrogen and oxygen atoms in total. The van der Waals surface area contributed by atoms with E-state index in [1.165, 1.54) is 12.8 Å². The lowest BCUT2D eigenvalue weighted by Crippen LogP contribution is -2.11. The second-order valence-corrected chi connectivity index (χ2v) is 2.21. The van der Waals surface area contributed by atoms with Crippen LogP contribution in [0, 0.1) is 0 Å². The molecule has 0 aromatic heterocycles. The van der Waals surface area contributed by atoms with Gasteiger partial charge in [-0.15, -0.1) is 0 Å². The molecule has 1 atom stereocenters. The molecule has 1 unspecified atom stereocenters. The molecular formula is C6H13NO. The van der Waals surface area contributed by atoms with Crippen LogP contribution in [-0.4, -0.2) is 19.3 Å². The van der Waals surface area contributed by atoms with E-state index in [0.717, 1.165) is 19.6 Å². The van der Waals surface area contributed by atoms with E-state index in [-0.39, 0.29) is 0 Å². The summed E-state index contributed by atoms with van der Waals surface area (Å²) in [6.45, 7) is 1.72. The van der Waals surface area contributed by atoms with Gasteiger partial charge in [0.1, 0.15) is 0 Å². The van der Waals surface area contributed by atoms with Crippen molar-refractivity contribution < 1.29 is 4.74 Å². The summed E-state index contributed by atoms with van der Waals surface area (Å²) in [6.07, 6.45) is 3.97. The van der Waals surface area contributed by atoms with Crippen molar-refractivity contribution in [3.8, 4) is 0 Å². The summed E-state index contributed by atoms with van der Waals surface area (Å²) in [5, 5.41) is 0. The maximum Gasteiger partial charge on any atom is 0.0588 e. The Hall–Kier alpha value is -0.0800. The highest BCUT2D eigenvalue weighted by Gasteiger charge is 2.13. The summed E-state index contributed by atoms with van der Waals surface area (Å²) in [6, 6.07) is 0. The molecule has 0 radical (unpaired) electrons. The Morgan fingerprint density at radius 2 is 2.50 bits per heavy atom. The summed E-state index contributed by atoms with van der Waals surface area (Å²) in [5.74, 6) is 0. The highest BCUT2D eigenvalue weighted by molar-refractivity contribution is 4.64. The highest BCUT2D eigenvalue weighted by Crippen LogP contribution is 2.13. The third-order valence-electron chi connectivity index (χ3n) is 1.51. The molecule has 2 N–H and O–H groups in total. The summed E-state index contributed by atoms with van der Waals surface area (Å²) in [4.78, 5) is 0. The van der Waals surface area contributed by atoms with Crippen molar-refractivity contribution in [3.05, 3.63) is 0 Å². The Labute approximate surface area is 50.0 Å². The van der Waals surface area contributed by atoms with E-state index >= 15 is 0 Å². The molecule has 1 aliphatic rings. The van der Waals surface area contributed by atoms with E-state index in [9.17, 15) is 0 Å². The largest absolute Gasteiger partial charge is 0.378 e. The summed E-state index contributed by atoms with van der Waals surface area (Å²) < 4.78 is 5.31.